The van der Waals surface area contributed by atoms with Crippen LogP contribution in [0.4, 0.5) is 5.82 Å². The lowest BCUT2D eigenvalue weighted by Crippen LogP contribution is -2.47. The first-order valence-corrected chi connectivity index (χ1v) is 9.59. The normalized spacial score (nSPS) is 15.6. The van der Waals surface area contributed by atoms with E-state index >= 15 is 0 Å². The average Bonchev–Trinajstić information content (AvgIpc) is 3.09. The van der Waals surface area contributed by atoms with E-state index in [0.29, 0.717) is 12.1 Å². The number of carbonyl (C=O) groups excluding carboxylic acids is 1. The fraction of sp³-hybridized carbons (Fsp3) is 0.550. The van der Waals surface area contributed by atoms with Crippen LogP contribution in [0.1, 0.15) is 10.4 Å². The Bertz CT molecular complexity index is 750. The minimum Gasteiger partial charge on any atom is -0.383 e. The average molecular weight is 374 g/mol. The number of ether oxygens (including phenoxy) is 1. The molecule has 1 saturated heterocycles. The Morgan fingerprint density at radius 3 is 2.59 bits per heavy atom. The highest BCUT2D eigenvalue weighted by Crippen LogP contribution is 2.21. The Morgan fingerprint density at radius 2 is 1.89 bits per heavy atom. The van der Waals surface area contributed by atoms with Gasteiger partial charge in [-0.1, -0.05) is 0 Å². The maximum atomic E-state index is 12.4. The number of methoxy groups -OCH3 is 1. The number of carbonyl (C=O) groups is 1. The quantitative estimate of drug-likeness (QED) is 0.748. The predicted molar refractivity (Wildman–Crippen MR) is 109 cm³/mol. The summed E-state index contributed by atoms with van der Waals surface area (Å²) >= 11 is 0. The summed E-state index contributed by atoms with van der Waals surface area (Å²) in [6.45, 7) is 7.26. The summed E-state index contributed by atoms with van der Waals surface area (Å²) < 4.78 is 7.31. The largest absolute Gasteiger partial charge is 0.383 e. The van der Waals surface area contributed by atoms with E-state index in [2.05, 4.69) is 36.5 Å². The van der Waals surface area contributed by atoms with Crippen LogP contribution in [-0.2, 0) is 4.74 Å². The molecule has 7 nitrogen and oxygen atoms in total. The van der Waals surface area contributed by atoms with Gasteiger partial charge in [0.25, 0.3) is 5.91 Å². The van der Waals surface area contributed by atoms with Crippen molar-refractivity contribution in [2.75, 3.05) is 78.5 Å². The molecule has 1 fully saturated rings. The number of rotatable bonds is 8. The van der Waals surface area contributed by atoms with Crippen LogP contribution in [0, 0.1) is 0 Å². The second-order valence-corrected chi connectivity index (χ2v) is 7.28. The van der Waals surface area contributed by atoms with E-state index in [-0.39, 0.29) is 5.91 Å². The van der Waals surface area contributed by atoms with Crippen molar-refractivity contribution in [2.24, 2.45) is 0 Å². The molecule has 2 aromatic rings. The first-order valence-electron chi connectivity index (χ1n) is 9.59. The summed E-state index contributed by atoms with van der Waals surface area (Å²) in [6, 6.07) is 8.17. The van der Waals surface area contributed by atoms with Gasteiger partial charge in [0.05, 0.1) is 12.2 Å². The van der Waals surface area contributed by atoms with E-state index in [1.165, 1.54) is 0 Å². The van der Waals surface area contributed by atoms with Crippen molar-refractivity contribution in [1.82, 2.24) is 19.5 Å². The van der Waals surface area contributed by atoms with Gasteiger partial charge in [-0.2, -0.15) is 0 Å². The molecule has 0 aromatic carbocycles. The number of piperazine rings is 1. The monoisotopic (exact) mass is 373 g/mol. The van der Waals surface area contributed by atoms with Crippen LogP contribution in [0.3, 0.4) is 0 Å². The minimum atomic E-state index is -0.0252. The van der Waals surface area contributed by atoms with Crippen LogP contribution in [0.5, 0.6) is 0 Å². The van der Waals surface area contributed by atoms with Gasteiger partial charge in [0.15, 0.2) is 0 Å². The van der Waals surface area contributed by atoms with E-state index in [4.69, 9.17) is 4.74 Å². The molecule has 2 aromatic heterocycles. The maximum absolute atomic E-state index is 12.4. The van der Waals surface area contributed by atoms with Gasteiger partial charge in [-0.15, -0.1) is 0 Å². The summed E-state index contributed by atoms with van der Waals surface area (Å²) in [5.74, 6) is 1.13. The Labute approximate surface area is 161 Å². The Morgan fingerprint density at radius 1 is 1.15 bits per heavy atom. The molecule has 3 heterocycles. The molecule has 148 valence electrons. The van der Waals surface area contributed by atoms with Crippen LogP contribution in [0.15, 0.2) is 30.5 Å². The van der Waals surface area contributed by atoms with Crippen LogP contribution < -0.4 is 10.2 Å². The number of hydrogen-bond donors (Lipinski definition) is 1. The molecule has 0 atom stereocenters. The summed E-state index contributed by atoms with van der Waals surface area (Å²) in [6.07, 6.45) is 1.95. The third-order valence-corrected chi connectivity index (χ3v) is 5.04. The molecule has 1 amide bonds. The zero-order valence-corrected chi connectivity index (χ0v) is 16.6. The number of nitrogens with one attached hydrogen (secondary N) is 1. The number of nitrogens with zero attached hydrogens (tertiary/aromatic N) is 4. The molecular weight excluding hydrogens is 342 g/mol. The number of hydrogen-bond acceptors (Lipinski definition) is 5. The molecule has 27 heavy (non-hydrogen) atoms. The zero-order chi connectivity index (χ0) is 19.2. The van der Waals surface area contributed by atoms with E-state index in [0.717, 1.165) is 57.2 Å². The fourth-order valence-corrected chi connectivity index (χ4v) is 3.39. The molecule has 1 N–H and O–H groups in total. The molecule has 3 rings (SSSR count). The fourth-order valence-electron chi connectivity index (χ4n) is 3.39. The molecule has 0 radical (unpaired) electrons. The second kappa shape index (κ2) is 9.21. The molecular formula is C20H31N5O2. The minimum absolute atomic E-state index is 0.0252. The van der Waals surface area contributed by atoms with Gasteiger partial charge in [0, 0.05) is 64.6 Å². The maximum Gasteiger partial charge on any atom is 0.252 e. The molecule has 1 aliphatic rings. The van der Waals surface area contributed by atoms with E-state index in [1.54, 1.807) is 7.11 Å². The van der Waals surface area contributed by atoms with Gasteiger partial charge in [0.1, 0.15) is 5.82 Å². The third-order valence-electron chi connectivity index (χ3n) is 5.04. The van der Waals surface area contributed by atoms with Gasteiger partial charge in [-0.3, -0.25) is 9.69 Å². The lowest BCUT2D eigenvalue weighted by atomic mass is 10.2. The first kappa shape index (κ1) is 19.7. The number of pyridine rings is 1. The van der Waals surface area contributed by atoms with Crippen LogP contribution in [0.2, 0.25) is 0 Å². The van der Waals surface area contributed by atoms with E-state index < -0.39 is 0 Å². The number of anilines is 1. The Hall–Kier alpha value is -2.09. The van der Waals surface area contributed by atoms with Gasteiger partial charge in [-0.25, -0.2) is 0 Å². The number of fused-ring (bicyclic) bond motifs is 1. The lowest BCUT2D eigenvalue weighted by Gasteiger charge is -2.35. The van der Waals surface area contributed by atoms with Crippen molar-refractivity contribution in [2.45, 2.75) is 0 Å². The van der Waals surface area contributed by atoms with Gasteiger partial charge >= 0.3 is 0 Å². The predicted octanol–water partition coefficient (Wildman–Crippen LogP) is 0.999. The van der Waals surface area contributed by atoms with Crippen LogP contribution in [0.25, 0.3) is 5.52 Å². The molecule has 0 saturated carbocycles. The highest BCUT2D eigenvalue weighted by molar-refractivity contribution is 5.94. The van der Waals surface area contributed by atoms with E-state index in [9.17, 15) is 4.79 Å². The molecule has 0 unspecified atom stereocenters. The van der Waals surface area contributed by atoms with Crippen molar-refractivity contribution in [3.05, 3.63) is 36.0 Å². The molecule has 0 bridgehead atoms. The van der Waals surface area contributed by atoms with Gasteiger partial charge in [0.2, 0.25) is 0 Å². The molecule has 0 spiro atoms. The molecule has 0 aliphatic carbocycles. The topological polar surface area (TPSA) is 52.5 Å². The third kappa shape index (κ3) is 5.00. The van der Waals surface area contributed by atoms with Crippen LogP contribution in [-0.4, -0.2) is 93.7 Å². The number of likely N-dealkylation sites (N-methyl/N-ethyl adjacent to an activating group) is 1. The Balaban J connectivity index is 1.67. The number of amides is 1. The van der Waals surface area contributed by atoms with Crippen LogP contribution >= 0.6 is 0 Å². The van der Waals surface area contributed by atoms with E-state index in [1.807, 2.05) is 32.4 Å². The summed E-state index contributed by atoms with van der Waals surface area (Å²) in [5.41, 5.74) is 1.80. The van der Waals surface area contributed by atoms with Crippen molar-refractivity contribution in [1.29, 1.82) is 0 Å². The summed E-state index contributed by atoms with van der Waals surface area (Å²) in [5, 5.41) is 2.99. The van der Waals surface area contributed by atoms with Crippen molar-refractivity contribution >= 4 is 17.2 Å². The highest BCUT2D eigenvalue weighted by Gasteiger charge is 2.19. The lowest BCUT2D eigenvalue weighted by molar-refractivity contribution is 0.0950. The van der Waals surface area contributed by atoms with Crippen molar-refractivity contribution in [3.8, 4) is 0 Å². The summed E-state index contributed by atoms with van der Waals surface area (Å²) in [4.78, 5) is 19.3. The second-order valence-electron chi connectivity index (χ2n) is 7.28. The smallest absolute Gasteiger partial charge is 0.252 e. The first-order chi connectivity index (χ1) is 13.1. The SMILES string of the molecule is COCCN1CCN(c2ccc3ccc(C(=O)NCCN(C)C)cn23)CC1. The molecule has 1 aliphatic heterocycles. The number of aromatic nitrogens is 1. The highest BCUT2D eigenvalue weighted by atomic mass is 16.5. The van der Waals surface area contributed by atoms with Crippen molar-refractivity contribution in [3.63, 3.8) is 0 Å². The van der Waals surface area contributed by atoms with Gasteiger partial charge < -0.3 is 24.3 Å². The zero-order valence-electron chi connectivity index (χ0n) is 16.6. The Kier molecular flexibility index (Phi) is 6.71. The standard InChI is InChI=1S/C20H31N5O2/c1-22(2)9-8-21-20(26)17-4-5-18-6-7-19(25(18)16-17)24-12-10-23(11-13-24)14-15-27-3/h4-7,16H,8-15H2,1-3H3,(H,21,26). The summed E-state index contributed by atoms with van der Waals surface area (Å²) in [7, 11) is 5.75. The van der Waals surface area contributed by atoms with Gasteiger partial charge in [-0.05, 0) is 38.4 Å². The molecule has 7 heteroatoms. The van der Waals surface area contributed by atoms with Crippen molar-refractivity contribution < 1.29 is 9.53 Å².